The van der Waals surface area contributed by atoms with E-state index in [2.05, 4.69) is 22.2 Å². The normalized spacial score (nSPS) is 19.0. The quantitative estimate of drug-likeness (QED) is 0.948. The number of nitrogens with one attached hydrogen (secondary N) is 1. The predicted molar refractivity (Wildman–Crippen MR) is 93.8 cm³/mol. The average Bonchev–Trinajstić information content (AvgIpc) is 2.53. The molecule has 0 unspecified atom stereocenters. The van der Waals surface area contributed by atoms with Crippen LogP contribution in [0.4, 0.5) is 0 Å². The highest BCUT2D eigenvalue weighted by molar-refractivity contribution is 5.99. The van der Waals surface area contributed by atoms with Gasteiger partial charge in [-0.3, -0.25) is 9.78 Å². The Morgan fingerprint density at radius 3 is 3.00 bits per heavy atom. The number of piperidine rings is 1. The van der Waals surface area contributed by atoms with Crippen LogP contribution in [0.3, 0.4) is 0 Å². The smallest absolute Gasteiger partial charge is 0.253 e. The van der Waals surface area contributed by atoms with Gasteiger partial charge in [-0.15, -0.1) is 0 Å². The fourth-order valence-electron chi connectivity index (χ4n) is 3.44. The largest absolute Gasteiger partial charge is 0.352 e. The highest BCUT2D eigenvalue weighted by Gasteiger charge is 2.19. The molecule has 0 bridgehead atoms. The molecule has 1 aromatic heterocycles. The summed E-state index contributed by atoms with van der Waals surface area (Å²) in [5, 5.41) is 4.13. The maximum Gasteiger partial charge on any atom is 0.253 e. The number of fused-ring (bicyclic) bond motifs is 1. The van der Waals surface area contributed by atoms with Crippen molar-refractivity contribution in [3.05, 3.63) is 41.1 Å². The number of benzene rings is 1. The van der Waals surface area contributed by atoms with E-state index in [0.29, 0.717) is 11.5 Å². The lowest BCUT2D eigenvalue weighted by Gasteiger charge is -2.29. The van der Waals surface area contributed by atoms with Crippen LogP contribution in [0.15, 0.2) is 24.3 Å². The van der Waals surface area contributed by atoms with E-state index in [1.807, 2.05) is 38.1 Å². The van der Waals surface area contributed by atoms with Gasteiger partial charge in [-0.1, -0.05) is 18.2 Å². The summed E-state index contributed by atoms with van der Waals surface area (Å²) in [5.74, 6) is 0.542. The van der Waals surface area contributed by atoms with Gasteiger partial charge in [0, 0.05) is 18.5 Å². The van der Waals surface area contributed by atoms with Crippen molar-refractivity contribution in [2.24, 2.45) is 5.92 Å². The Balaban J connectivity index is 1.74. The molecule has 0 radical (unpaired) electrons. The van der Waals surface area contributed by atoms with Crippen LogP contribution < -0.4 is 5.32 Å². The number of para-hydroxylation sites is 1. The standard InChI is InChI=1S/C19H25N3O/c1-13-6-4-8-16-10-17(14(2)21-18(13)16)19(23)20-11-15-7-5-9-22(3)12-15/h4,6,8,10,15H,5,7,9,11-12H2,1-3H3,(H,20,23)/t15-/m1/s1. The molecule has 122 valence electrons. The topological polar surface area (TPSA) is 45.2 Å². The van der Waals surface area contributed by atoms with Crippen molar-refractivity contribution in [3.8, 4) is 0 Å². The van der Waals surface area contributed by atoms with Crippen LogP contribution in [-0.2, 0) is 0 Å². The highest BCUT2D eigenvalue weighted by Crippen LogP contribution is 2.20. The van der Waals surface area contributed by atoms with E-state index in [-0.39, 0.29) is 5.91 Å². The Morgan fingerprint density at radius 2 is 2.22 bits per heavy atom. The van der Waals surface area contributed by atoms with Crippen molar-refractivity contribution in [2.75, 3.05) is 26.7 Å². The Labute approximate surface area is 137 Å². The summed E-state index contributed by atoms with van der Waals surface area (Å²) in [6, 6.07) is 8.04. The first kappa shape index (κ1) is 15.9. The van der Waals surface area contributed by atoms with Crippen LogP contribution in [0.25, 0.3) is 10.9 Å². The molecule has 1 saturated heterocycles. The van der Waals surface area contributed by atoms with Gasteiger partial charge in [-0.25, -0.2) is 0 Å². The van der Waals surface area contributed by atoms with Crippen LogP contribution in [0.1, 0.15) is 34.5 Å². The third kappa shape index (κ3) is 3.53. The molecule has 23 heavy (non-hydrogen) atoms. The zero-order valence-electron chi connectivity index (χ0n) is 14.2. The van der Waals surface area contributed by atoms with Crippen LogP contribution in [0, 0.1) is 19.8 Å². The monoisotopic (exact) mass is 311 g/mol. The summed E-state index contributed by atoms with van der Waals surface area (Å²) in [6.45, 7) is 6.93. The Hall–Kier alpha value is -1.94. The van der Waals surface area contributed by atoms with E-state index >= 15 is 0 Å². The minimum atomic E-state index is -0.00775. The van der Waals surface area contributed by atoms with Crippen molar-refractivity contribution in [1.82, 2.24) is 15.2 Å². The van der Waals surface area contributed by atoms with E-state index in [0.717, 1.165) is 41.8 Å². The number of carbonyl (C=O) groups excluding carboxylic acids is 1. The Morgan fingerprint density at radius 1 is 1.39 bits per heavy atom. The molecule has 1 aromatic carbocycles. The molecule has 3 rings (SSSR count). The molecule has 1 fully saturated rings. The molecule has 1 amide bonds. The first-order valence-corrected chi connectivity index (χ1v) is 8.38. The number of likely N-dealkylation sites (tertiary alicyclic amines) is 1. The van der Waals surface area contributed by atoms with Gasteiger partial charge in [0.1, 0.15) is 0 Å². The number of rotatable bonds is 3. The van der Waals surface area contributed by atoms with E-state index in [1.54, 1.807) is 0 Å². The van der Waals surface area contributed by atoms with Gasteiger partial charge in [0.2, 0.25) is 0 Å². The lowest BCUT2D eigenvalue weighted by Crippen LogP contribution is -2.39. The summed E-state index contributed by atoms with van der Waals surface area (Å²) >= 11 is 0. The first-order chi connectivity index (χ1) is 11.0. The van der Waals surface area contributed by atoms with E-state index in [1.165, 1.54) is 12.8 Å². The molecular formula is C19H25N3O. The molecule has 2 heterocycles. The zero-order valence-corrected chi connectivity index (χ0v) is 14.2. The lowest BCUT2D eigenvalue weighted by molar-refractivity contribution is 0.0936. The van der Waals surface area contributed by atoms with Crippen molar-refractivity contribution in [2.45, 2.75) is 26.7 Å². The maximum atomic E-state index is 12.6. The molecule has 0 saturated carbocycles. The molecule has 1 N–H and O–H groups in total. The van der Waals surface area contributed by atoms with Crippen molar-refractivity contribution < 1.29 is 4.79 Å². The molecule has 4 nitrogen and oxygen atoms in total. The molecule has 0 aliphatic carbocycles. The molecule has 1 aliphatic heterocycles. The fraction of sp³-hybridized carbons (Fsp3) is 0.474. The highest BCUT2D eigenvalue weighted by atomic mass is 16.1. The third-order valence-electron chi connectivity index (χ3n) is 4.76. The third-order valence-corrected chi connectivity index (χ3v) is 4.76. The SMILES string of the molecule is Cc1nc2c(C)cccc2cc1C(=O)NC[C@H]1CCCN(C)C1. The minimum absolute atomic E-state index is 0.00775. The summed E-state index contributed by atoms with van der Waals surface area (Å²) < 4.78 is 0. The van der Waals surface area contributed by atoms with Crippen LogP contribution in [-0.4, -0.2) is 42.5 Å². The summed E-state index contributed by atoms with van der Waals surface area (Å²) in [6.07, 6.45) is 2.41. The number of pyridine rings is 1. The zero-order chi connectivity index (χ0) is 16.4. The lowest BCUT2D eigenvalue weighted by atomic mass is 9.98. The number of aryl methyl sites for hydroxylation is 2. The molecule has 4 heteroatoms. The predicted octanol–water partition coefficient (Wildman–Crippen LogP) is 2.92. The minimum Gasteiger partial charge on any atom is -0.352 e. The Bertz CT molecular complexity index is 726. The number of hydrogen-bond donors (Lipinski definition) is 1. The number of amides is 1. The Kier molecular flexibility index (Phi) is 4.62. The van der Waals surface area contributed by atoms with Gasteiger partial charge in [-0.2, -0.15) is 0 Å². The fourth-order valence-corrected chi connectivity index (χ4v) is 3.44. The van der Waals surface area contributed by atoms with Crippen molar-refractivity contribution in [1.29, 1.82) is 0 Å². The number of carbonyl (C=O) groups is 1. The van der Waals surface area contributed by atoms with E-state index in [4.69, 9.17) is 0 Å². The van der Waals surface area contributed by atoms with Gasteiger partial charge in [-0.05, 0) is 57.8 Å². The number of nitrogens with zero attached hydrogens (tertiary/aromatic N) is 2. The van der Waals surface area contributed by atoms with Gasteiger partial charge in [0.15, 0.2) is 0 Å². The van der Waals surface area contributed by atoms with Crippen LogP contribution >= 0.6 is 0 Å². The maximum absolute atomic E-state index is 12.6. The molecule has 2 aromatic rings. The van der Waals surface area contributed by atoms with Crippen LogP contribution in [0.2, 0.25) is 0 Å². The molecule has 1 aliphatic rings. The first-order valence-electron chi connectivity index (χ1n) is 8.38. The summed E-state index contributed by atoms with van der Waals surface area (Å²) in [4.78, 5) is 19.5. The molecule has 1 atom stereocenters. The second-order valence-corrected chi connectivity index (χ2v) is 6.75. The second-order valence-electron chi connectivity index (χ2n) is 6.75. The van der Waals surface area contributed by atoms with E-state index in [9.17, 15) is 4.79 Å². The van der Waals surface area contributed by atoms with Gasteiger partial charge >= 0.3 is 0 Å². The molecular weight excluding hydrogens is 286 g/mol. The number of aromatic nitrogens is 1. The summed E-state index contributed by atoms with van der Waals surface area (Å²) in [7, 11) is 2.15. The van der Waals surface area contributed by atoms with Gasteiger partial charge in [0.05, 0.1) is 16.8 Å². The van der Waals surface area contributed by atoms with Crippen molar-refractivity contribution in [3.63, 3.8) is 0 Å². The van der Waals surface area contributed by atoms with E-state index < -0.39 is 0 Å². The van der Waals surface area contributed by atoms with Gasteiger partial charge in [0.25, 0.3) is 5.91 Å². The summed E-state index contributed by atoms with van der Waals surface area (Å²) in [5.41, 5.74) is 3.61. The number of hydrogen-bond acceptors (Lipinski definition) is 3. The van der Waals surface area contributed by atoms with Gasteiger partial charge < -0.3 is 10.2 Å². The average molecular weight is 311 g/mol. The van der Waals surface area contributed by atoms with Crippen LogP contribution in [0.5, 0.6) is 0 Å². The second kappa shape index (κ2) is 6.67. The van der Waals surface area contributed by atoms with Crippen molar-refractivity contribution >= 4 is 16.8 Å². The molecule has 0 spiro atoms.